The Balaban J connectivity index is 0.000000269. The summed E-state index contributed by atoms with van der Waals surface area (Å²) < 4.78 is 55.3. The number of likely N-dealkylation sites (tertiary alicyclic amines) is 3. The maximum absolute atomic E-state index is 14.7. The van der Waals surface area contributed by atoms with Crippen LogP contribution in [0.3, 0.4) is 0 Å². The van der Waals surface area contributed by atoms with Crippen LogP contribution in [0.1, 0.15) is 209 Å². The van der Waals surface area contributed by atoms with Gasteiger partial charge in [-0.05, 0) is 136 Å². The Morgan fingerprint density at radius 3 is 1.20 bits per heavy atom. The zero-order valence-corrected chi connectivity index (χ0v) is 73.7. The number of pyridine rings is 4. The van der Waals surface area contributed by atoms with Gasteiger partial charge in [0.2, 0.25) is 23.6 Å². The highest BCUT2D eigenvalue weighted by Crippen LogP contribution is 2.48. The Morgan fingerprint density at radius 1 is 0.516 bits per heavy atom. The standard InChI is InChI=1S/C42H52N4O8S.C32H39N3O6.C17H29NO6.2CH4/c1-9-27-22-42(27,35(47)24-55(51,52)29-16-17-29)45-38(49)33-19-28(23-46(33)39(50)31(40(3,4)5)20-36(48)54-41(6,7)8)53-34-21-32(26-13-11-10-12-14-26)44-37-30(34)18-15-25(2)43-37;1-19-13-14-22-26(17-24(34-28(22)33-19)20-11-9-8-10-12-20)40-21-15-25(30(38)39)35(18-21)29(37)23(31(2,3)4)16-27(36)41-32(5,6)7;1-16(2,3)11(8-13(20)24-17(4,5)6)14(21)18-9-10(19)7-12(18)15(22)23;;/h9-15,18,21,27-29,31,33H,1,16-17,19-20,22-24H2,2-8H3,(H,45,49);8-14,17,21,23,25H,15-16,18H2,1-7H3,(H,38,39);10-12,19H,7-9H2,1-6H3,(H,22,23);2*1H4/t27-,28-,31-,33+,42-;21-,23-,25+;10-,11-,12+;;/m111../s1. The van der Waals surface area contributed by atoms with Crippen molar-refractivity contribution in [2.24, 2.45) is 39.9 Å². The minimum absolute atomic E-state index is 0. The quantitative estimate of drug-likeness (QED) is 0.0248. The maximum atomic E-state index is 14.7. The van der Waals surface area contributed by atoms with Gasteiger partial charge in [-0.3, -0.25) is 38.4 Å². The minimum atomic E-state index is -3.65. The molecule has 0 bridgehead atoms. The van der Waals surface area contributed by atoms with E-state index < -0.39 is 179 Å². The summed E-state index contributed by atoms with van der Waals surface area (Å²) in [5.74, 6) is -8.74. The molecule has 7 heterocycles. The van der Waals surface area contributed by atoms with Crippen LogP contribution < -0.4 is 14.8 Å². The zero-order valence-electron chi connectivity index (χ0n) is 72.9. The van der Waals surface area contributed by atoms with E-state index in [1.807, 2.05) is 173 Å². The number of fused-ring (bicyclic) bond motifs is 2. The van der Waals surface area contributed by atoms with Crippen molar-refractivity contribution in [3.05, 3.63) is 121 Å². The second kappa shape index (κ2) is 38.6. The average Bonchev–Trinajstić information content (AvgIpc) is 1.57. The summed E-state index contributed by atoms with van der Waals surface area (Å²) in [6.07, 6.45) is 0.361. The average molecular weight is 1710 g/mol. The zero-order chi connectivity index (χ0) is 89.1. The predicted octanol–water partition coefficient (Wildman–Crippen LogP) is 13.7. The summed E-state index contributed by atoms with van der Waals surface area (Å²) in [4.78, 5) is 154. The number of benzene rings is 2. The molecule has 4 amide bonds. The molecule has 0 radical (unpaired) electrons. The van der Waals surface area contributed by atoms with E-state index >= 15 is 0 Å². The summed E-state index contributed by atoms with van der Waals surface area (Å²) in [6, 6.07) is 27.2. The number of hydrogen-bond donors (Lipinski definition) is 4. The van der Waals surface area contributed by atoms with Gasteiger partial charge >= 0.3 is 29.8 Å². The number of carbonyl (C=O) groups is 10. The molecule has 0 spiro atoms. The predicted molar refractivity (Wildman–Crippen MR) is 465 cm³/mol. The highest BCUT2D eigenvalue weighted by molar-refractivity contribution is 7.93. The van der Waals surface area contributed by atoms with Crippen molar-refractivity contribution in [2.45, 2.75) is 275 Å². The first-order chi connectivity index (χ1) is 55.5. The van der Waals surface area contributed by atoms with E-state index in [0.29, 0.717) is 57.8 Å². The van der Waals surface area contributed by atoms with Crippen LogP contribution >= 0.6 is 0 Å². The molecule has 4 aromatic heterocycles. The molecule has 0 unspecified atom stereocenters. The molecule has 29 heteroatoms. The Morgan fingerprint density at radius 2 is 0.869 bits per heavy atom. The number of carbonyl (C=O) groups excluding carboxylic acids is 8. The van der Waals surface area contributed by atoms with Crippen LogP contribution in [0.25, 0.3) is 44.6 Å². The van der Waals surface area contributed by atoms with Crippen LogP contribution in [-0.2, 0) is 72.0 Å². The summed E-state index contributed by atoms with van der Waals surface area (Å²) in [5, 5.41) is 32.8. The normalized spacial score (nSPS) is 21.1. The number of nitrogens with one attached hydrogen (secondary N) is 1. The largest absolute Gasteiger partial charge is 0.488 e. The van der Waals surface area contributed by atoms with Crippen LogP contribution in [0.5, 0.6) is 11.5 Å². The number of carboxylic acid groups (broad SMARTS) is 2. The van der Waals surface area contributed by atoms with Crippen LogP contribution in [0.4, 0.5) is 0 Å². The lowest BCUT2D eigenvalue weighted by Crippen LogP contribution is -2.55. The van der Waals surface area contributed by atoms with Gasteiger partial charge in [-0.2, -0.15) is 0 Å². The van der Waals surface area contributed by atoms with Crippen LogP contribution in [0, 0.1) is 53.8 Å². The smallest absolute Gasteiger partial charge is 0.326 e. The number of rotatable bonds is 24. The molecule has 3 saturated heterocycles. The summed E-state index contributed by atoms with van der Waals surface area (Å²) in [7, 11) is -3.65. The van der Waals surface area contributed by atoms with Crippen molar-refractivity contribution in [3.63, 3.8) is 0 Å². The lowest BCUT2D eigenvalue weighted by Gasteiger charge is -2.35. The number of sulfone groups is 1. The highest BCUT2D eigenvalue weighted by atomic mass is 32.2. The summed E-state index contributed by atoms with van der Waals surface area (Å²) >= 11 is 0. The van der Waals surface area contributed by atoms with E-state index in [0.717, 1.165) is 22.5 Å². The van der Waals surface area contributed by atoms with E-state index in [1.165, 1.54) is 14.7 Å². The first-order valence-electron chi connectivity index (χ1n) is 41.0. The number of aryl methyl sites for hydroxylation is 2. The SMILES string of the molecule is C.C.C=C[C@@H]1C[C@]1(NC(=O)[C@@H]1C[C@@H](Oc2cc(-c3ccccc3)nc3nc(C)ccc23)CN1C(=O)[C@@H](CC(=O)OC(C)(C)C)C(C)(C)C)C(=O)CS(=O)(=O)C1CC1.CC(C)(C)OC(=O)C[C@H](C(=O)N1C[C@H](O)C[C@H]1C(=O)O)C(C)(C)C.Cc1ccc2c(O[C@@H]3C[C@@H](C(=O)O)N(C(=O)[C@@H](CC(=O)OC(C)(C)C)C(C)(C)C)C3)cc(-c3ccccc3)nc2n1. The third-order valence-corrected chi connectivity index (χ3v) is 23.9. The number of β-amino-alcohol motifs (C(OH)–C–C–N with tert-alkyl or cyclic N) is 1. The van der Waals surface area contributed by atoms with Crippen molar-refractivity contribution in [2.75, 3.05) is 25.4 Å². The number of Topliss-reactive ketones (excluding diaryl/α,β-unsaturated/α-hetero) is 1. The molecule has 28 nitrogen and oxygen atoms in total. The van der Waals surface area contributed by atoms with Gasteiger partial charge < -0.3 is 59.0 Å². The molecule has 2 aliphatic carbocycles. The summed E-state index contributed by atoms with van der Waals surface area (Å²) in [5.41, 5.74) is 0.219. The first-order valence-corrected chi connectivity index (χ1v) is 42.7. The van der Waals surface area contributed by atoms with Gasteiger partial charge in [-0.1, -0.05) is 144 Å². The highest BCUT2D eigenvalue weighted by Gasteiger charge is 2.62. The van der Waals surface area contributed by atoms with E-state index in [-0.39, 0.29) is 79.4 Å². The monoisotopic (exact) mass is 1710 g/mol. The van der Waals surface area contributed by atoms with Crippen molar-refractivity contribution in [3.8, 4) is 34.0 Å². The molecule has 11 rings (SSSR count). The number of ether oxygens (including phenoxy) is 5. The maximum Gasteiger partial charge on any atom is 0.326 e. The molecular weight excluding hydrogens is 1580 g/mol. The van der Waals surface area contributed by atoms with Crippen molar-refractivity contribution in [1.29, 1.82) is 0 Å². The molecule has 6 aromatic rings. The minimum Gasteiger partial charge on any atom is -0.488 e. The molecule has 3 aliphatic heterocycles. The van der Waals surface area contributed by atoms with Crippen molar-refractivity contribution >= 4 is 91.2 Å². The van der Waals surface area contributed by atoms with Crippen molar-refractivity contribution in [1.82, 2.24) is 40.0 Å². The van der Waals surface area contributed by atoms with Gasteiger partial charge in [-0.25, -0.2) is 37.9 Å². The lowest BCUT2D eigenvalue weighted by atomic mass is 9.77. The van der Waals surface area contributed by atoms with E-state index in [4.69, 9.17) is 33.7 Å². The lowest BCUT2D eigenvalue weighted by molar-refractivity contribution is -0.162. The third kappa shape index (κ3) is 25.7. The third-order valence-electron chi connectivity index (χ3n) is 21.7. The van der Waals surface area contributed by atoms with Crippen LogP contribution in [0.15, 0.2) is 110 Å². The molecule has 666 valence electrons. The molecule has 5 fully saturated rings. The number of aliphatic hydroxyl groups is 1. The molecule has 5 aliphatic rings. The molecule has 4 N–H and O–H groups in total. The number of carboxylic acids is 2. The van der Waals surface area contributed by atoms with Gasteiger partial charge in [0.1, 0.15) is 69.9 Å². The van der Waals surface area contributed by atoms with E-state index in [2.05, 4.69) is 21.9 Å². The topological polar surface area (TPSA) is 385 Å². The fourth-order valence-corrected chi connectivity index (χ4v) is 17.0. The number of aliphatic hydroxyl groups excluding tert-OH is 1. The Labute approximate surface area is 718 Å². The molecular formula is C93H128N8O20S. The van der Waals surface area contributed by atoms with Gasteiger partial charge in [0, 0.05) is 66.4 Å². The molecule has 2 aromatic carbocycles. The second-order valence-corrected chi connectivity index (χ2v) is 40.8. The molecule has 2 saturated carbocycles. The van der Waals surface area contributed by atoms with Gasteiger partial charge in [-0.15, -0.1) is 6.58 Å². The van der Waals surface area contributed by atoms with Crippen LogP contribution in [-0.4, -0.2) is 207 Å². The van der Waals surface area contributed by atoms with E-state index in [9.17, 15) is 71.7 Å². The fourth-order valence-electron chi connectivity index (χ4n) is 15.2. The van der Waals surface area contributed by atoms with Gasteiger partial charge in [0.05, 0.1) is 83.6 Å². The number of ketones is 1. The van der Waals surface area contributed by atoms with Crippen LogP contribution in [0.2, 0.25) is 0 Å². The molecule has 122 heavy (non-hydrogen) atoms. The summed E-state index contributed by atoms with van der Waals surface area (Å²) in [6.45, 7) is 40.1. The number of aromatic nitrogens is 4. The number of nitrogens with zero attached hydrogens (tertiary/aromatic N) is 7. The number of esters is 3. The fraction of sp³-hybridized carbons (Fsp3) is 0.570. The Kier molecular flexibility index (Phi) is 31.3. The van der Waals surface area contributed by atoms with E-state index in [1.54, 1.807) is 68.4 Å². The second-order valence-electron chi connectivity index (χ2n) is 38.5. The molecule has 11 atom stereocenters. The van der Waals surface area contributed by atoms with Crippen molar-refractivity contribution < 1.29 is 95.4 Å². The Bertz CT molecular complexity index is 4960. The number of hydrogen-bond acceptors (Lipinski definition) is 22. The Hall–Kier alpha value is -10.3. The number of aliphatic carboxylic acids is 2. The first kappa shape index (κ1) is 98.8. The number of amides is 4. The van der Waals surface area contributed by atoms with Gasteiger partial charge in [0.15, 0.2) is 26.9 Å². The van der Waals surface area contributed by atoms with Gasteiger partial charge in [0.25, 0.3) is 0 Å².